The van der Waals surface area contributed by atoms with Gasteiger partial charge in [0.2, 0.25) is 0 Å². The Balaban J connectivity index is 2.15. The summed E-state index contributed by atoms with van der Waals surface area (Å²) in [6.07, 6.45) is 2.76. The summed E-state index contributed by atoms with van der Waals surface area (Å²) >= 11 is 0. The minimum Gasteiger partial charge on any atom is -0.317 e. The Morgan fingerprint density at radius 2 is 1.92 bits per heavy atom. The maximum Gasteiger partial charge on any atom is 0.00385 e. The number of piperidine rings is 1. The second-order valence-corrected chi connectivity index (χ2v) is 4.38. The number of hydrogen-bond donors (Lipinski definition) is 1. The second-order valence-electron chi connectivity index (χ2n) is 4.38. The molecule has 2 heteroatoms. The number of nitrogens with zero attached hydrogens (tertiary/aromatic N) is 1. The fourth-order valence-corrected chi connectivity index (χ4v) is 2.02. The molecule has 0 aromatic carbocycles. The summed E-state index contributed by atoms with van der Waals surface area (Å²) in [7, 11) is 0. The van der Waals surface area contributed by atoms with Gasteiger partial charge >= 0.3 is 0 Å². The smallest absolute Gasteiger partial charge is 0.00385 e. The van der Waals surface area contributed by atoms with E-state index in [0.717, 1.165) is 18.5 Å². The Labute approximate surface area is 82.7 Å². The van der Waals surface area contributed by atoms with Gasteiger partial charge in [-0.15, -0.1) is 0 Å². The minimum atomic E-state index is 0.736. The van der Waals surface area contributed by atoms with Crippen molar-refractivity contribution < 1.29 is 0 Å². The first kappa shape index (κ1) is 11.0. The van der Waals surface area contributed by atoms with E-state index < -0.39 is 0 Å². The molecule has 2 nitrogen and oxygen atoms in total. The van der Waals surface area contributed by atoms with Gasteiger partial charge in [-0.05, 0) is 58.8 Å². The van der Waals surface area contributed by atoms with Crippen molar-refractivity contribution in [1.29, 1.82) is 0 Å². The Morgan fingerprint density at radius 3 is 2.38 bits per heavy atom. The van der Waals surface area contributed by atoms with Gasteiger partial charge in [0.05, 0.1) is 0 Å². The van der Waals surface area contributed by atoms with Crippen molar-refractivity contribution >= 4 is 0 Å². The van der Waals surface area contributed by atoms with E-state index in [9.17, 15) is 0 Å². The monoisotopic (exact) mass is 184 g/mol. The fraction of sp³-hybridized carbons (Fsp3) is 1.00. The van der Waals surface area contributed by atoms with Crippen LogP contribution in [0.1, 0.15) is 33.6 Å². The first-order chi connectivity index (χ1) is 6.24. The average Bonchev–Trinajstić information content (AvgIpc) is 2.15. The van der Waals surface area contributed by atoms with Crippen molar-refractivity contribution in [1.82, 2.24) is 10.2 Å². The predicted octanol–water partition coefficient (Wildman–Crippen LogP) is 1.72. The van der Waals surface area contributed by atoms with E-state index in [0.29, 0.717) is 0 Å². The second kappa shape index (κ2) is 5.61. The lowest BCUT2D eigenvalue weighted by molar-refractivity contribution is 0.148. The van der Waals surface area contributed by atoms with E-state index in [2.05, 4.69) is 31.0 Å². The Kier molecular flexibility index (Phi) is 4.74. The minimum absolute atomic E-state index is 0.736. The third-order valence-corrected chi connectivity index (χ3v) is 3.06. The van der Waals surface area contributed by atoms with Crippen LogP contribution in [0.5, 0.6) is 0 Å². The van der Waals surface area contributed by atoms with Gasteiger partial charge in [-0.1, -0.05) is 6.92 Å². The molecule has 0 amide bonds. The van der Waals surface area contributed by atoms with Crippen LogP contribution in [0.2, 0.25) is 0 Å². The summed E-state index contributed by atoms with van der Waals surface area (Å²) in [6, 6.07) is 0.736. The standard InChI is InChI=1S/C11H24N2/c1-4-12-9-11-5-7-13(8-6-11)10(2)3/h10-12H,4-9H2,1-3H3. The molecule has 0 saturated carbocycles. The van der Waals surface area contributed by atoms with Gasteiger partial charge in [0.15, 0.2) is 0 Å². The molecule has 1 heterocycles. The molecule has 1 rings (SSSR count). The number of nitrogens with one attached hydrogen (secondary N) is 1. The maximum absolute atomic E-state index is 3.44. The Morgan fingerprint density at radius 1 is 1.31 bits per heavy atom. The van der Waals surface area contributed by atoms with Gasteiger partial charge in [0.25, 0.3) is 0 Å². The van der Waals surface area contributed by atoms with Crippen molar-refractivity contribution in [3.8, 4) is 0 Å². The molecule has 0 unspecified atom stereocenters. The van der Waals surface area contributed by atoms with Gasteiger partial charge in [0, 0.05) is 6.04 Å². The van der Waals surface area contributed by atoms with Crippen LogP contribution in [-0.4, -0.2) is 37.1 Å². The highest BCUT2D eigenvalue weighted by molar-refractivity contribution is 4.75. The molecule has 1 N–H and O–H groups in total. The largest absolute Gasteiger partial charge is 0.317 e. The number of rotatable bonds is 4. The third-order valence-electron chi connectivity index (χ3n) is 3.06. The van der Waals surface area contributed by atoms with Gasteiger partial charge in [-0.3, -0.25) is 0 Å². The molecule has 0 atom stereocenters. The first-order valence-corrected chi connectivity index (χ1v) is 5.68. The number of likely N-dealkylation sites (tertiary alicyclic amines) is 1. The molecule has 1 fully saturated rings. The zero-order valence-corrected chi connectivity index (χ0v) is 9.34. The molecule has 0 aromatic heterocycles. The molecule has 0 aliphatic carbocycles. The van der Waals surface area contributed by atoms with Gasteiger partial charge < -0.3 is 10.2 Å². The summed E-state index contributed by atoms with van der Waals surface area (Å²) in [5.74, 6) is 0.926. The first-order valence-electron chi connectivity index (χ1n) is 5.68. The third kappa shape index (κ3) is 3.65. The highest BCUT2D eigenvalue weighted by atomic mass is 15.1. The molecular weight excluding hydrogens is 160 g/mol. The van der Waals surface area contributed by atoms with Crippen molar-refractivity contribution in [3.63, 3.8) is 0 Å². The van der Waals surface area contributed by atoms with Crippen molar-refractivity contribution in [2.75, 3.05) is 26.2 Å². The van der Waals surface area contributed by atoms with E-state index in [1.165, 1.54) is 32.5 Å². The summed E-state index contributed by atoms with van der Waals surface area (Å²) in [5, 5.41) is 3.44. The van der Waals surface area contributed by atoms with Crippen molar-refractivity contribution in [2.45, 2.75) is 39.7 Å². The lowest BCUT2D eigenvalue weighted by atomic mass is 9.96. The summed E-state index contributed by atoms with van der Waals surface area (Å²) < 4.78 is 0. The normalized spacial score (nSPS) is 21.2. The van der Waals surface area contributed by atoms with E-state index in [-0.39, 0.29) is 0 Å². The van der Waals surface area contributed by atoms with Crippen LogP contribution in [0.15, 0.2) is 0 Å². The van der Waals surface area contributed by atoms with Crippen molar-refractivity contribution in [3.05, 3.63) is 0 Å². The van der Waals surface area contributed by atoms with E-state index in [1.807, 2.05) is 0 Å². The van der Waals surface area contributed by atoms with E-state index in [1.54, 1.807) is 0 Å². The molecule has 1 aliphatic heterocycles. The molecule has 0 spiro atoms. The molecule has 1 aliphatic rings. The fourth-order valence-electron chi connectivity index (χ4n) is 2.02. The highest BCUT2D eigenvalue weighted by Crippen LogP contribution is 2.17. The van der Waals surface area contributed by atoms with Crippen LogP contribution in [0.4, 0.5) is 0 Å². The molecule has 1 saturated heterocycles. The SMILES string of the molecule is CCNCC1CCN(C(C)C)CC1. The Hall–Kier alpha value is -0.0800. The van der Waals surface area contributed by atoms with Crippen LogP contribution in [-0.2, 0) is 0 Å². The van der Waals surface area contributed by atoms with Crippen LogP contribution < -0.4 is 5.32 Å². The van der Waals surface area contributed by atoms with Crippen LogP contribution in [0, 0.1) is 5.92 Å². The van der Waals surface area contributed by atoms with Crippen LogP contribution in [0.3, 0.4) is 0 Å². The molecule has 78 valence electrons. The zero-order valence-electron chi connectivity index (χ0n) is 9.34. The highest BCUT2D eigenvalue weighted by Gasteiger charge is 2.19. The Bertz CT molecular complexity index is 126. The van der Waals surface area contributed by atoms with Crippen molar-refractivity contribution in [2.24, 2.45) is 5.92 Å². The van der Waals surface area contributed by atoms with E-state index in [4.69, 9.17) is 0 Å². The lowest BCUT2D eigenvalue weighted by Crippen LogP contribution is -2.40. The summed E-state index contributed by atoms with van der Waals surface area (Å²) in [6.45, 7) is 11.7. The average molecular weight is 184 g/mol. The lowest BCUT2D eigenvalue weighted by Gasteiger charge is -2.34. The number of hydrogen-bond acceptors (Lipinski definition) is 2. The maximum atomic E-state index is 3.44. The molecular formula is C11H24N2. The molecule has 0 aromatic rings. The molecule has 0 bridgehead atoms. The topological polar surface area (TPSA) is 15.3 Å². The van der Waals surface area contributed by atoms with Crippen LogP contribution >= 0.6 is 0 Å². The zero-order chi connectivity index (χ0) is 9.68. The molecule has 0 radical (unpaired) electrons. The van der Waals surface area contributed by atoms with Crippen LogP contribution in [0.25, 0.3) is 0 Å². The summed E-state index contributed by atoms with van der Waals surface area (Å²) in [4.78, 5) is 2.59. The van der Waals surface area contributed by atoms with Gasteiger partial charge in [-0.25, -0.2) is 0 Å². The predicted molar refractivity (Wildman–Crippen MR) is 58.0 cm³/mol. The quantitative estimate of drug-likeness (QED) is 0.715. The summed E-state index contributed by atoms with van der Waals surface area (Å²) in [5.41, 5.74) is 0. The van der Waals surface area contributed by atoms with E-state index >= 15 is 0 Å². The van der Waals surface area contributed by atoms with Gasteiger partial charge in [0.1, 0.15) is 0 Å². The molecule has 13 heavy (non-hydrogen) atoms. The van der Waals surface area contributed by atoms with Gasteiger partial charge in [-0.2, -0.15) is 0 Å².